The van der Waals surface area contributed by atoms with Gasteiger partial charge in [0.1, 0.15) is 12.1 Å². The Hall–Kier alpha value is -0.610. The van der Waals surface area contributed by atoms with E-state index in [1.165, 1.54) is 6.92 Å². The fraction of sp³-hybridized carbons (Fsp3) is 0.800. The maximum atomic E-state index is 10.5. The van der Waals surface area contributed by atoms with Gasteiger partial charge in [0.05, 0.1) is 6.10 Å². The van der Waals surface area contributed by atoms with Crippen LogP contribution in [0.15, 0.2) is 0 Å². The molecule has 1 amide bonds. The van der Waals surface area contributed by atoms with Gasteiger partial charge in [-0.05, 0) is 6.92 Å². The molecule has 3 atom stereocenters. The van der Waals surface area contributed by atoms with Crippen molar-refractivity contribution in [1.29, 1.82) is 0 Å². The van der Waals surface area contributed by atoms with Gasteiger partial charge in [0.2, 0.25) is 5.91 Å². The minimum atomic E-state index is -0.850. The smallest absolute Gasteiger partial charge is 0.232 e. The van der Waals surface area contributed by atoms with Gasteiger partial charge in [-0.1, -0.05) is 0 Å². The minimum Gasteiger partial charge on any atom is -0.392 e. The first-order valence-corrected chi connectivity index (χ1v) is 2.79. The summed E-state index contributed by atoms with van der Waals surface area (Å²) in [4.78, 5) is 10.5. The van der Waals surface area contributed by atoms with Crippen molar-refractivity contribution in [3.05, 3.63) is 0 Å². The summed E-state index contributed by atoms with van der Waals surface area (Å²) in [6.45, 7) is 1.48. The number of nitrogens with one attached hydrogen (secondary N) is 1. The molecule has 0 saturated carbocycles. The van der Waals surface area contributed by atoms with E-state index >= 15 is 0 Å². The summed E-state index contributed by atoms with van der Waals surface area (Å²) >= 11 is 0. The van der Waals surface area contributed by atoms with Gasteiger partial charge in [-0.15, -0.1) is 0 Å². The number of carbonyl (C=O) groups is 1. The fourth-order valence-electron chi connectivity index (χ4n) is 0.862. The van der Waals surface area contributed by atoms with Gasteiger partial charge in [-0.3, -0.25) is 4.79 Å². The second-order valence-corrected chi connectivity index (χ2v) is 2.22. The van der Waals surface area contributed by atoms with E-state index in [9.17, 15) is 4.79 Å². The van der Waals surface area contributed by atoms with Crippen molar-refractivity contribution in [1.82, 2.24) is 5.32 Å². The lowest BCUT2D eigenvalue weighted by Gasteiger charge is -2.34. The summed E-state index contributed by atoms with van der Waals surface area (Å²) in [5.74, 6) is -0.900. The van der Waals surface area contributed by atoms with Crippen LogP contribution in [0.2, 0.25) is 0 Å². The predicted octanol–water partition coefficient (Wildman–Crippen LogP) is -1.57. The second-order valence-electron chi connectivity index (χ2n) is 2.22. The topological polar surface area (TPSA) is 69.6 Å². The molecule has 0 aliphatic carbocycles. The van der Waals surface area contributed by atoms with Crippen molar-refractivity contribution < 1.29 is 15.0 Å². The first kappa shape index (κ1) is 6.51. The van der Waals surface area contributed by atoms with Gasteiger partial charge in [0, 0.05) is 0 Å². The molecule has 4 heteroatoms. The van der Waals surface area contributed by atoms with Crippen LogP contribution < -0.4 is 5.32 Å². The zero-order valence-corrected chi connectivity index (χ0v) is 5.03. The van der Waals surface area contributed by atoms with E-state index < -0.39 is 18.2 Å². The number of aliphatic hydroxyl groups is 2. The van der Waals surface area contributed by atoms with Crippen molar-refractivity contribution in [3.8, 4) is 0 Å². The Bertz CT molecular complexity index is 129. The molecule has 1 aliphatic rings. The Labute approximate surface area is 52.5 Å². The van der Waals surface area contributed by atoms with Crippen molar-refractivity contribution in [2.24, 2.45) is 5.92 Å². The van der Waals surface area contributed by atoms with E-state index in [4.69, 9.17) is 10.2 Å². The molecule has 0 spiro atoms. The summed E-state index contributed by atoms with van der Waals surface area (Å²) in [7, 11) is 0. The van der Waals surface area contributed by atoms with E-state index in [0.717, 1.165) is 0 Å². The fourth-order valence-corrected chi connectivity index (χ4v) is 0.862. The molecule has 3 N–H and O–H groups in total. The lowest BCUT2D eigenvalue weighted by Crippen LogP contribution is -2.61. The van der Waals surface area contributed by atoms with Crippen LogP contribution in [0.4, 0.5) is 0 Å². The number of β-lactam (4-membered cyclic amide) rings is 1. The molecular weight excluding hydrogens is 122 g/mol. The van der Waals surface area contributed by atoms with Crippen molar-refractivity contribution >= 4 is 5.91 Å². The number of carbonyl (C=O) groups excluding carboxylic acids is 1. The van der Waals surface area contributed by atoms with Gasteiger partial charge < -0.3 is 15.5 Å². The number of aliphatic hydroxyl groups excluding tert-OH is 2. The highest BCUT2D eigenvalue weighted by Gasteiger charge is 2.41. The Balaban J connectivity index is 2.49. The standard InChI is InChI=1S/C5H9NO3/c1-2(7)3-4(8)6-5(3)9/h2-4,7-8H,1H3,(H,6,9)/t2-,3?,4?/m1/s1. The summed E-state index contributed by atoms with van der Waals surface area (Å²) in [6.07, 6.45) is -1.61. The van der Waals surface area contributed by atoms with Gasteiger partial charge in [0.15, 0.2) is 0 Å². The summed E-state index contributed by atoms with van der Waals surface area (Å²) in [5.41, 5.74) is 0. The Morgan fingerprint density at radius 1 is 1.78 bits per heavy atom. The lowest BCUT2D eigenvalue weighted by atomic mass is 9.94. The zero-order chi connectivity index (χ0) is 7.02. The lowest BCUT2D eigenvalue weighted by molar-refractivity contribution is -0.154. The zero-order valence-electron chi connectivity index (χ0n) is 5.03. The maximum absolute atomic E-state index is 10.5. The first-order chi connectivity index (χ1) is 4.13. The SMILES string of the molecule is C[C@@H](O)C1C(=O)NC1O. The average Bonchev–Trinajstić information content (AvgIpc) is 1.62. The summed E-state index contributed by atoms with van der Waals surface area (Å²) in [5, 5.41) is 19.7. The van der Waals surface area contributed by atoms with Crippen LogP contribution in [-0.2, 0) is 4.79 Å². The molecule has 1 rings (SSSR count). The number of hydrogen-bond donors (Lipinski definition) is 3. The molecule has 1 aliphatic heterocycles. The highest BCUT2D eigenvalue weighted by Crippen LogP contribution is 2.15. The Kier molecular flexibility index (Phi) is 1.42. The number of amides is 1. The van der Waals surface area contributed by atoms with Crippen LogP contribution in [0, 0.1) is 5.92 Å². The van der Waals surface area contributed by atoms with Crippen LogP contribution in [-0.4, -0.2) is 28.5 Å². The summed E-state index contributed by atoms with van der Waals surface area (Å²) in [6, 6.07) is 0. The highest BCUT2D eigenvalue weighted by molar-refractivity contribution is 5.85. The van der Waals surface area contributed by atoms with Crippen LogP contribution in [0.25, 0.3) is 0 Å². The Morgan fingerprint density at radius 2 is 2.33 bits per heavy atom. The van der Waals surface area contributed by atoms with Crippen LogP contribution in [0.5, 0.6) is 0 Å². The first-order valence-electron chi connectivity index (χ1n) is 2.79. The van der Waals surface area contributed by atoms with Crippen LogP contribution in [0.3, 0.4) is 0 Å². The molecular formula is C5H9NO3. The molecule has 9 heavy (non-hydrogen) atoms. The maximum Gasteiger partial charge on any atom is 0.232 e. The molecule has 0 radical (unpaired) electrons. The Morgan fingerprint density at radius 3 is 2.44 bits per heavy atom. The summed E-state index contributed by atoms with van der Waals surface area (Å²) < 4.78 is 0. The van der Waals surface area contributed by atoms with E-state index in [-0.39, 0.29) is 5.91 Å². The second kappa shape index (κ2) is 1.97. The third kappa shape index (κ3) is 0.906. The molecule has 0 aromatic carbocycles. The third-order valence-corrected chi connectivity index (χ3v) is 1.45. The van der Waals surface area contributed by atoms with Gasteiger partial charge in [0.25, 0.3) is 0 Å². The van der Waals surface area contributed by atoms with Crippen molar-refractivity contribution in [3.63, 3.8) is 0 Å². The van der Waals surface area contributed by atoms with Gasteiger partial charge in [-0.2, -0.15) is 0 Å². The quantitative estimate of drug-likeness (QED) is 0.377. The molecule has 52 valence electrons. The molecule has 1 saturated heterocycles. The van der Waals surface area contributed by atoms with E-state index in [1.807, 2.05) is 0 Å². The van der Waals surface area contributed by atoms with Crippen LogP contribution in [0.1, 0.15) is 6.92 Å². The minimum absolute atomic E-state index is 0.280. The van der Waals surface area contributed by atoms with Crippen LogP contribution >= 0.6 is 0 Å². The van der Waals surface area contributed by atoms with Gasteiger partial charge >= 0.3 is 0 Å². The molecule has 2 unspecified atom stereocenters. The molecule has 1 fully saturated rings. The third-order valence-electron chi connectivity index (χ3n) is 1.45. The molecule has 0 bridgehead atoms. The molecule has 0 aromatic rings. The highest BCUT2D eigenvalue weighted by atomic mass is 16.3. The van der Waals surface area contributed by atoms with Crippen molar-refractivity contribution in [2.45, 2.75) is 19.3 Å². The monoisotopic (exact) mass is 131 g/mol. The van der Waals surface area contributed by atoms with E-state index in [0.29, 0.717) is 0 Å². The van der Waals surface area contributed by atoms with Gasteiger partial charge in [-0.25, -0.2) is 0 Å². The van der Waals surface area contributed by atoms with E-state index in [1.54, 1.807) is 0 Å². The molecule has 1 heterocycles. The normalized spacial score (nSPS) is 37.0. The largest absolute Gasteiger partial charge is 0.392 e. The molecule has 4 nitrogen and oxygen atoms in total. The average molecular weight is 131 g/mol. The predicted molar refractivity (Wildman–Crippen MR) is 29.3 cm³/mol. The molecule has 0 aromatic heterocycles. The number of rotatable bonds is 1. The number of hydrogen-bond acceptors (Lipinski definition) is 3. The van der Waals surface area contributed by atoms with Crippen molar-refractivity contribution in [2.75, 3.05) is 0 Å². The van der Waals surface area contributed by atoms with E-state index in [2.05, 4.69) is 5.32 Å².